The lowest BCUT2D eigenvalue weighted by molar-refractivity contribution is -0.122. The fourth-order valence-corrected chi connectivity index (χ4v) is 3.26. The molecule has 1 aliphatic heterocycles. The standard InChI is InChI=1S/C21H42N6O4.HI/c1-7-8-17(25-20(29)31-21(2,3)4)15-24-19(22-5)27-12-10-26(11-13-27)16-18(28)23-9-14-30-6;/h17H,7-16H2,1-6H3,(H,22,24)(H,23,28)(H,25,29);1H. The van der Waals surface area contributed by atoms with Crippen molar-refractivity contribution in [3.05, 3.63) is 0 Å². The zero-order valence-electron chi connectivity index (χ0n) is 20.5. The van der Waals surface area contributed by atoms with Crippen LogP contribution in [0.25, 0.3) is 0 Å². The lowest BCUT2D eigenvalue weighted by Crippen LogP contribution is -2.55. The molecule has 32 heavy (non-hydrogen) atoms. The number of ether oxygens (including phenoxy) is 2. The number of rotatable bonds is 10. The molecule has 3 N–H and O–H groups in total. The molecule has 0 spiro atoms. The highest BCUT2D eigenvalue weighted by molar-refractivity contribution is 14.0. The van der Waals surface area contributed by atoms with E-state index in [0.717, 1.165) is 45.0 Å². The molecule has 0 bridgehead atoms. The summed E-state index contributed by atoms with van der Waals surface area (Å²) in [5, 5.41) is 9.17. The van der Waals surface area contributed by atoms with Gasteiger partial charge in [0.2, 0.25) is 5.91 Å². The van der Waals surface area contributed by atoms with Crippen molar-refractivity contribution in [2.45, 2.75) is 52.2 Å². The number of aliphatic imine (C=N–C) groups is 1. The van der Waals surface area contributed by atoms with Gasteiger partial charge >= 0.3 is 6.09 Å². The maximum absolute atomic E-state index is 12.1. The van der Waals surface area contributed by atoms with E-state index in [0.29, 0.717) is 26.2 Å². The average molecular weight is 571 g/mol. The molecule has 0 radical (unpaired) electrons. The van der Waals surface area contributed by atoms with Gasteiger partial charge in [0.15, 0.2) is 5.96 Å². The molecule has 0 aliphatic carbocycles. The number of nitrogens with one attached hydrogen (secondary N) is 3. The topological polar surface area (TPSA) is 108 Å². The quantitative estimate of drug-likeness (QED) is 0.157. The molecule has 188 valence electrons. The number of methoxy groups -OCH3 is 1. The predicted octanol–water partition coefficient (Wildman–Crippen LogP) is 1.25. The van der Waals surface area contributed by atoms with Gasteiger partial charge in [-0.1, -0.05) is 13.3 Å². The average Bonchev–Trinajstić information content (AvgIpc) is 2.68. The smallest absolute Gasteiger partial charge is 0.407 e. The second-order valence-corrected chi connectivity index (χ2v) is 8.67. The fraction of sp³-hybridized carbons (Fsp3) is 0.857. The van der Waals surface area contributed by atoms with E-state index in [1.807, 2.05) is 20.8 Å². The Hall–Kier alpha value is -1.34. The third kappa shape index (κ3) is 13.3. The van der Waals surface area contributed by atoms with E-state index in [-0.39, 0.29) is 35.9 Å². The summed E-state index contributed by atoms with van der Waals surface area (Å²) in [4.78, 5) is 32.8. The maximum atomic E-state index is 12.1. The van der Waals surface area contributed by atoms with Crippen LogP contribution in [0.2, 0.25) is 0 Å². The number of carbonyl (C=O) groups is 2. The van der Waals surface area contributed by atoms with Gasteiger partial charge in [0.05, 0.1) is 13.2 Å². The number of amides is 2. The highest BCUT2D eigenvalue weighted by Gasteiger charge is 2.23. The van der Waals surface area contributed by atoms with Crippen LogP contribution in [0.4, 0.5) is 4.79 Å². The first-order chi connectivity index (χ1) is 14.7. The van der Waals surface area contributed by atoms with Gasteiger partial charge in [-0.3, -0.25) is 14.7 Å². The van der Waals surface area contributed by atoms with Crippen molar-refractivity contribution in [3.8, 4) is 0 Å². The molecule has 11 heteroatoms. The lowest BCUT2D eigenvalue weighted by atomic mass is 10.1. The minimum Gasteiger partial charge on any atom is -0.444 e. The summed E-state index contributed by atoms with van der Waals surface area (Å²) in [6.07, 6.45) is 1.39. The first kappa shape index (κ1) is 30.7. The fourth-order valence-electron chi connectivity index (χ4n) is 3.26. The summed E-state index contributed by atoms with van der Waals surface area (Å²) in [5.41, 5.74) is -0.523. The third-order valence-electron chi connectivity index (χ3n) is 4.74. The summed E-state index contributed by atoms with van der Waals surface area (Å²) in [5.74, 6) is 0.819. The van der Waals surface area contributed by atoms with E-state index < -0.39 is 11.7 Å². The maximum Gasteiger partial charge on any atom is 0.407 e. The van der Waals surface area contributed by atoms with E-state index in [4.69, 9.17) is 9.47 Å². The van der Waals surface area contributed by atoms with Gasteiger partial charge in [0.1, 0.15) is 5.60 Å². The Balaban J connectivity index is 0.00000961. The highest BCUT2D eigenvalue weighted by Crippen LogP contribution is 2.08. The van der Waals surface area contributed by atoms with Crippen molar-refractivity contribution in [2.75, 3.05) is 66.6 Å². The molecular weight excluding hydrogens is 527 g/mol. The number of guanidine groups is 1. The largest absolute Gasteiger partial charge is 0.444 e. The first-order valence-corrected chi connectivity index (χ1v) is 11.1. The normalized spacial score (nSPS) is 16.1. The van der Waals surface area contributed by atoms with Crippen molar-refractivity contribution >= 4 is 41.9 Å². The predicted molar refractivity (Wildman–Crippen MR) is 138 cm³/mol. The zero-order chi connectivity index (χ0) is 23.3. The SMILES string of the molecule is CCCC(CNC(=NC)N1CCN(CC(=O)NCCOC)CC1)NC(=O)OC(C)(C)C.I. The van der Waals surface area contributed by atoms with Crippen LogP contribution in [0.15, 0.2) is 4.99 Å². The lowest BCUT2D eigenvalue weighted by Gasteiger charge is -2.36. The number of alkyl carbamates (subject to hydrolysis) is 1. The summed E-state index contributed by atoms with van der Waals surface area (Å²) in [6, 6.07) is -0.0475. The molecule has 1 rings (SSSR count). The van der Waals surface area contributed by atoms with Crippen LogP contribution in [0, 0.1) is 0 Å². The summed E-state index contributed by atoms with van der Waals surface area (Å²) in [6.45, 7) is 12.8. The molecule has 0 aromatic rings. The van der Waals surface area contributed by atoms with Crippen LogP contribution >= 0.6 is 24.0 Å². The van der Waals surface area contributed by atoms with Crippen molar-refractivity contribution in [1.82, 2.24) is 25.8 Å². The van der Waals surface area contributed by atoms with Crippen molar-refractivity contribution in [3.63, 3.8) is 0 Å². The second-order valence-electron chi connectivity index (χ2n) is 8.67. The molecule has 0 saturated carbocycles. The molecule has 1 unspecified atom stereocenters. The van der Waals surface area contributed by atoms with Crippen LogP contribution in [0.5, 0.6) is 0 Å². The number of carbonyl (C=O) groups excluding carboxylic acids is 2. The minimum absolute atomic E-state index is 0. The number of hydrogen-bond acceptors (Lipinski definition) is 6. The number of piperazine rings is 1. The van der Waals surface area contributed by atoms with Crippen molar-refractivity contribution < 1.29 is 19.1 Å². The van der Waals surface area contributed by atoms with Crippen LogP contribution < -0.4 is 16.0 Å². The molecule has 2 amide bonds. The summed E-state index contributed by atoms with van der Waals surface area (Å²) < 4.78 is 10.3. The number of halogens is 1. The number of nitrogens with zero attached hydrogens (tertiary/aromatic N) is 3. The monoisotopic (exact) mass is 570 g/mol. The van der Waals surface area contributed by atoms with Gasteiger partial charge in [-0.25, -0.2) is 4.79 Å². The van der Waals surface area contributed by atoms with Gasteiger partial charge in [0.25, 0.3) is 0 Å². The van der Waals surface area contributed by atoms with Gasteiger partial charge in [-0.2, -0.15) is 0 Å². The Morgan fingerprint density at radius 3 is 2.31 bits per heavy atom. The third-order valence-corrected chi connectivity index (χ3v) is 4.74. The van der Waals surface area contributed by atoms with Crippen LogP contribution in [0.3, 0.4) is 0 Å². The van der Waals surface area contributed by atoms with Crippen molar-refractivity contribution in [1.29, 1.82) is 0 Å². The van der Waals surface area contributed by atoms with E-state index in [1.165, 1.54) is 0 Å². The Labute approximate surface area is 210 Å². The second kappa shape index (κ2) is 16.3. The summed E-state index contributed by atoms with van der Waals surface area (Å²) in [7, 11) is 3.37. The van der Waals surface area contributed by atoms with Gasteiger partial charge in [-0.05, 0) is 27.2 Å². The molecule has 10 nitrogen and oxygen atoms in total. The van der Waals surface area contributed by atoms with E-state index in [1.54, 1.807) is 14.2 Å². The molecule has 1 saturated heterocycles. The van der Waals surface area contributed by atoms with Gasteiger partial charge < -0.3 is 30.3 Å². The summed E-state index contributed by atoms with van der Waals surface area (Å²) >= 11 is 0. The Kier molecular flexibility index (Phi) is 15.6. The van der Waals surface area contributed by atoms with Crippen LogP contribution in [0.1, 0.15) is 40.5 Å². The molecule has 1 atom stereocenters. The Morgan fingerprint density at radius 1 is 1.12 bits per heavy atom. The van der Waals surface area contributed by atoms with Crippen molar-refractivity contribution in [2.24, 2.45) is 4.99 Å². The molecular formula is C21H43IN6O4. The van der Waals surface area contributed by atoms with E-state index in [9.17, 15) is 9.59 Å². The van der Waals surface area contributed by atoms with E-state index >= 15 is 0 Å². The first-order valence-electron chi connectivity index (χ1n) is 11.1. The molecule has 0 aromatic carbocycles. The van der Waals surface area contributed by atoms with Gasteiger partial charge in [-0.15, -0.1) is 24.0 Å². The molecule has 1 heterocycles. The van der Waals surface area contributed by atoms with Crippen LogP contribution in [-0.4, -0.2) is 106 Å². The minimum atomic E-state index is -0.523. The molecule has 0 aromatic heterocycles. The number of hydrogen-bond donors (Lipinski definition) is 3. The van der Waals surface area contributed by atoms with Gasteiger partial charge in [0, 0.05) is 59.5 Å². The highest BCUT2D eigenvalue weighted by atomic mass is 127. The zero-order valence-corrected chi connectivity index (χ0v) is 22.9. The molecule has 1 aliphatic rings. The Morgan fingerprint density at radius 2 is 1.78 bits per heavy atom. The Bertz CT molecular complexity index is 577. The van der Waals surface area contributed by atoms with Crippen LogP contribution in [-0.2, 0) is 14.3 Å². The van der Waals surface area contributed by atoms with E-state index in [2.05, 4.69) is 37.7 Å². The molecule has 1 fully saturated rings.